The Labute approximate surface area is 196 Å². The maximum atomic E-state index is 4.89. The summed E-state index contributed by atoms with van der Waals surface area (Å²) in [5, 5.41) is 3.49. The number of thioether (sulfide) groups is 1. The van der Waals surface area contributed by atoms with Gasteiger partial charge in [-0.1, -0.05) is 18.2 Å². The third-order valence-corrected chi connectivity index (χ3v) is 6.39. The summed E-state index contributed by atoms with van der Waals surface area (Å²) in [6.45, 7) is 9.26. The van der Waals surface area contributed by atoms with Gasteiger partial charge in [0.05, 0.1) is 0 Å². The zero-order valence-corrected chi connectivity index (χ0v) is 20.7. The molecule has 0 radical (unpaired) electrons. The lowest BCUT2D eigenvalue weighted by Gasteiger charge is -2.21. The number of aliphatic imine (C=N–C) groups is 1. The molecule has 3 rings (SSSR count). The zero-order valence-electron chi connectivity index (χ0n) is 17.6. The summed E-state index contributed by atoms with van der Waals surface area (Å²) in [5.41, 5.74) is 0. The molecule has 7 heteroatoms. The highest BCUT2D eigenvalue weighted by atomic mass is 127. The van der Waals surface area contributed by atoms with E-state index in [9.17, 15) is 0 Å². The lowest BCUT2D eigenvalue weighted by molar-refractivity contribution is 0.473. The van der Waals surface area contributed by atoms with Crippen molar-refractivity contribution in [2.24, 2.45) is 10.9 Å². The van der Waals surface area contributed by atoms with Gasteiger partial charge in [-0.25, -0.2) is 4.98 Å². The van der Waals surface area contributed by atoms with Crippen molar-refractivity contribution in [3.63, 3.8) is 0 Å². The highest BCUT2D eigenvalue weighted by Crippen LogP contribution is 2.25. The second kappa shape index (κ2) is 13.2. The minimum absolute atomic E-state index is 0. The molecular weight excluding hydrogens is 493 g/mol. The van der Waals surface area contributed by atoms with Crippen LogP contribution in [-0.2, 0) is 6.54 Å². The molecule has 0 bridgehead atoms. The normalized spacial score (nSPS) is 16.7. The molecule has 1 aromatic carbocycles. The van der Waals surface area contributed by atoms with Crippen molar-refractivity contribution >= 4 is 41.7 Å². The van der Waals surface area contributed by atoms with Crippen LogP contribution in [0.2, 0.25) is 0 Å². The van der Waals surface area contributed by atoms with Gasteiger partial charge in [-0.05, 0) is 51.2 Å². The molecule has 1 aromatic heterocycles. The number of guanidine groups is 1. The van der Waals surface area contributed by atoms with Gasteiger partial charge in [0.1, 0.15) is 5.82 Å². The number of unbranched alkanes of at least 4 members (excludes halogenated alkanes) is 1. The third kappa shape index (κ3) is 7.85. The Morgan fingerprint density at radius 1 is 1.28 bits per heavy atom. The molecule has 1 N–H and O–H groups in total. The summed E-state index contributed by atoms with van der Waals surface area (Å²) in [5.74, 6) is 4.10. The van der Waals surface area contributed by atoms with Crippen molar-refractivity contribution in [3.8, 4) is 0 Å². The second-order valence-corrected chi connectivity index (χ2v) is 8.43. The number of aromatic nitrogens is 2. The van der Waals surface area contributed by atoms with Crippen molar-refractivity contribution in [1.29, 1.82) is 0 Å². The molecule has 2 heterocycles. The van der Waals surface area contributed by atoms with Crippen LogP contribution in [0.1, 0.15) is 32.0 Å². The predicted octanol–water partition coefficient (Wildman–Crippen LogP) is 4.67. The van der Waals surface area contributed by atoms with E-state index in [0.29, 0.717) is 0 Å². The van der Waals surface area contributed by atoms with Crippen LogP contribution in [0.5, 0.6) is 0 Å². The average Bonchev–Trinajstić information content (AvgIpc) is 3.35. The fraction of sp³-hybridized carbons (Fsp3) is 0.545. The van der Waals surface area contributed by atoms with Gasteiger partial charge < -0.3 is 14.8 Å². The molecule has 2 aromatic rings. The van der Waals surface area contributed by atoms with E-state index in [-0.39, 0.29) is 24.0 Å². The molecule has 1 saturated heterocycles. The number of aryl methyl sites for hydroxylation is 2. The standard InChI is InChI=1S/C22H33N5S.HI/c1-3-23-22(25-12-7-8-14-26-16-13-24-19(26)2)27-15-11-20(17-27)18-28-21-9-5-4-6-10-21;/h4-6,9-10,13,16,20H,3,7-8,11-12,14-15,17-18H2,1-2H3,(H,23,25);1H. The smallest absolute Gasteiger partial charge is 0.193 e. The van der Waals surface area contributed by atoms with Crippen LogP contribution in [0.4, 0.5) is 0 Å². The molecule has 0 amide bonds. The quantitative estimate of drug-likeness (QED) is 0.169. The molecular formula is C22H34IN5S. The lowest BCUT2D eigenvalue weighted by Crippen LogP contribution is -2.40. The van der Waals surface area contributed by atoms with E-state index < -0.39 is 0 Å². The van der Waals surface area contributed by atoms with Gasteiger partial charge in [0, 0.05) is 55.8 Å². The molecule has 0 saturated carbocycles. The molecule has 1 fully saturated rings. The predicted molar refractivity (Wildman–Crippen MR) is 134 cm³/mol. The first-order valence-corrected chi connectivity index (χ1v) is 11.4. The molecule has 29 heavy (non-hydrogen) atoms. The molecule has 1 atom stereocenters. The number of hydrogen-bond donors (Lipinski definition) is 1. The number of nitrogens with zero attached hydrogens (tertiary/aromatic N) is 4. The van der Waals surface area contributed by atoms with E-state index in [1.807, 2.05) is 18.0 Å². The number of hydrogen-bond acceptors (Lipinski definition) is 3. The molecule has 0 spiro atoms. The van der Waals surface area contributed by atoms with E-state index in [2.05, 4.69) is 70.1 Å². The van der Waals surface area contributed by atoms with Gasteiger partial charge in [-0.3, -0.25) is 4.99 Å². The Balaban J connectivity index is 0.00000300. The minimum Gasteiger partial charge on any atom is -0.357 e. The molecule has 160 valence electrons. The number of rotatable bonds is 9. The lowest BCUT2D eigenvalue weighted by atomic mass is 10.2. The summed E-state index contributed by atoms with van der Waals surface area (Å²) < 4.78 is 2.21. The van der Waals surface area contributed by atoms with E-state index in [0.717, 1.165) is 63.3 Å². The van der Waals surface area contributed by atoms with Gasteiger partial charge in [0.15, 0.2) is 5.96 Å². The fourth-order valence-electron chi connectivity index (χ4n) is 3.54. The largest absolute Gasteiger partial charge is 0.357 e. The summed E-state index contributed by atoms with van der Waals surface area (Å²) in [6.07, 6.45) is 7.42. The Bertz CT molecular complexity index is 734. The molecule has 5 nitrogen and oxygen atoms in total. The van der Waals surface area contributed by atoms with Gasteiger partial charge in [0.25, 0.3) is 0 Å². The van der Waals surface area contributed by atoms with Crippen molar-refractivity contribution in [2.45, 2.75) is 44.6 Å². The first kappa shape index (κ1) is 24.1. The van der Waals surface area contributed by atoms with Gasteiger partial charge in [0.2, 0.25) is 0 Å². The Kier molecular flexibility index (Phi) is 10.9. The SMILES string of the molecule is CCNC(=NCCCCn1ccnc1C)N1CCC(CSc2ccccc2)C1.I. The van der Waals surface area contributed by atoms with Crippen LogP contribution in [-0.4, -0.2) is 52.3 Å². The van der Waals surface area contributed by atoms with Crippen LogP contribution >= 0.6 is 35.7 Å². The molecule has 1 aliphatic heterocycles. The van der Waals surface area contributed by atoms with Crippen LogP contribution in [0.15, 0.2) is 52.6 Å². The van der Waals surface area contributed by atoms with Gasteiger partial charge in [-0.15, -0.1) is 35.7 Å². The fourth-order valence-corrected chi connectivity index (χ4v) is 4.59. The van der Waals surface area contributed by atoms with Crippen molar-refractivity contribution < 1.29 is 0 Å². The summed E-state index contributed by atoms with van der Waals surface area (Å²) in [4.78, 5) is 13.0. The third-order valence-electron chi connectivity index (χ3n) is 5.14. The monoisotopic (exact) mass is 527 g/mol. The maximum absolute atomic E-state index is 4.89. The van der Waals surface area contributed by atoms with E-state index in [1.165, 1.54) is 17.1 Å². The highest BCUT2D eigenvalue weighted by molar-refractivity contribution is 14.0. The Morgan fingerprint density at radius 3 is 2.83 bits per heavy atom. The first-order valence-electron chi connectivity index (χ1n) is 10.4. The number of imidazole rings is 1. The number of likely N-dealkylation sites (tertiary alicyclic amines) is 1. The molecule has 0 aliphatic carbocycles. The highest BCUT2D eigenvalue weighted by Gasteiger charge is 2.24. The Hall–Kier alpha value is -1.22. The van der Waals surface area contributed by atoms with Gasteiger partial charge >= 0.3 is 0 Å². The number of halogens is 1. The van der Waals surface area contributed by atoms with Gasteiger partial charge in [-0.2, -0.15) is 0 Å². The summed E-state index contributed by atoms with van der Waals surface area (Å²) in [7, 11) is 0. The van der Waals surface area contributed by atoms with Crippen LogP contribution in [0.25, 0.3) is 0 Å². The molecule has 1 unspecified atom stereocenters. The maximum Gasteiger partial charge on any atom is 0.193 e. The van der Waals surface area contributed by atoms with Crippen LogP contribution < -0.4 is 5.32 Å². The van der Waals surface area contributed by atoms with E-state index in [1.54, 1.807) is 0 Å². The van der Waals surface area contributed by atoms with E-state index in [4.69, 9.17) is 4.99 Å². The van der Waals surface area contributed by atoms with Crippen molar-refractivity contribution in [3.05, 3.63) is 48.5 Å². The summed E-state index contributed by atoms with van der Waals surface area (Å²) >= 11 is 1.97. The minimum atomic E-state index is 0. The topological polar surface area (TPSA) is 45.5 Å². The zero-order chi connectivity index (χ0) is 19.6. The average molecular weight is 528 g/mol. The van der Waals surface area contributed by atoms with E-state index >= 15 is 0 Å². The van der Waals surface area contributed by atoms with Crippen LogP contribution in [0, 0.1) is 12.8 Å². The first-order chi connectivity index (χ1) is 13.8. The van der Waals surface area contributed by atoms with Crippen molar-refractivity contribution in [1.82, 2.24) is 19.8 Å². The number of nitrogens with one attached hydrogen (secondary N) is 1. The Morgan fingerprint density at radius 2 is 2.10 bits per heavy atom. The summed E-state index contributed by atoms with van der Waals surface area (Å²) in [6, 6.07) is 10.7. The second-order valence-electron chi connectivity index (χ2n) is 7.34. The molecule has 1 aliphatic rings. The number of benzene rings is 1. The van der Waals surface area contributed by atoms with Crippen LogP contribution in [0.3, 0.4) is 0 Å². The van der Waals surface area contributed by atoms with Crippen molar-refractivity contribution in [2.75, 3.05) is 31.9 Å².